The molecule has 1 aliphatic rings. The first kappa shape index (κ1) is 12.9. The SMILES string of the molecule is CCOc1ccc2c(c1)CC(c1cccc(OC)c1)N2. The number of nitrogens with one attached hydrogen (secondary N) is 1. The van der Waals surface area contributed by atoms with E-state index in [0.717, 1.165) is 17.9 Å². The highest BCUT2D eigenvalue weighted by Crippen LogP contribution is 2.36. The van der Waals surface area contributed by atoms with Gasteiger partial charge >= 0.3 is 0 Å². The van der Waals surface area contributed by atoms with Gasteiger partial charge in [0, 0.05) is 5.69 Å². The minimum atomic E-state index is 0.303. The van der Waals surface area contributed by atoms with Gasteiger partial charge in [-0.3, -0.25) is 0 Å². The molecule has 0 saturated heterocycles. The van der Waals surface area contributed by atoms with Gasteiger partial charge in [-0.2, -0.15) is 0 Å². The van der Waals surface area contributed by atoms with Crippen molar-refractivity contribution in [2.45, 2.75) is 19.4 Å². The third-order valence-corrected chi connectivity index (χ3v) is 3.64. The summed E-state index contributed by atoms with van der Waals surface area (Å²) in [6, 6.07) is 14.8. The third-order valence-electron chi connectivity index (χ3n) is 3.64. The average Bonchev–Trinajstić information content (AvgIpc) is 2.91. The van der Waals surface area contributed by atoms with Crippen LogP contribution < -0.4 is 14.8 Å². The highest BCUT2D eigenvalue weighted by Gasteiger charge is 2.22. The summed E-state index contributed by atoms with van der Waals surface area (Å²) in [6.45, 7) is 2.70. The van der Waals surface area contributed by atoms with Crippen LogP contribution in [0.3, 0.4) is 0 Å². The largest absolute Gasteiger partial charge is 0.497 e. The molecule has 1 unspecified atom stereocenters. The maximum absolute atomic E-state index is 5.56. The fourth-order valence-electron chi connectivity index (χ4n) is 2.65. The van der Waals surface area contributed by atoms with Gasteiger partial charge in [0.15, 0.2) is 0 Å². The topological polar surface area (TPSA) is 30.5 Å². The van der Waals surface area contributed by atoms with E-state index in [4.69, 9.17) is 9.47 Å². The Kier molecular flexibility index (Phi) is 3.50. The van der Waals surface area contributed by atoms with Crippen molar-refractivity contribution < 1.29 is 9.47 Å². The Bertz CT molecular complexity index is 610. The lowest BCUT2D eigenvalue weighted by Crippen LogP contribution is -2.05. The number of methoxy groups -OCH3 is 1. The van der Waals surface area contributed by atoms with E-state index >= 15 is 0 Å². The molecular weight excluding hydrogens is 250 g/mol. The van der Waals surface area contributed by atoms with Crippen LogP contribution in [0.25, 0.3) is 0 Å². The lowest BCUT2D eigenvalue weighted by atomic mass is 10.0. The van der Waals surface area contributed by atoms with E-state index in [1.807, 2.05) is 25.1 Å². The number of hydrogen-bond acceptors (Lipinski definition) is 3. The zero-order valence-electron chi connectivity index (χ0n) is 11.8. The Morgan fingerprint density at radius 3 is 2.85 bits per heavy atom. The maximum atomic E-state index is 5.56. The molecule has 20 heavy (non-hydrogen) atoms. The van der Waals surface area contributed by atoms with Gasteiger partial charge in [-0.25, -0.2) is 0 Å². The summed E-state index contributed by atoms with van der Waals surface area (Å²) in [7, 11) is 1.70. The number of rotatable bonds is 4. The second-order valence-electron chi connectivity index (χ2n) is 4.93. The van der Waals surface area contributed by atoms with Crippen molar-refractivity contribution in [1.82, 2.24) is 0 Å². The monoisotopic (exact) mass is 269 g/mol. The first-order valence-corrected chi connectivity index (χ1v) is 6.96. The van der Waals surface area contributed by atoms with E-state index in [1.165, 1.54) is 16.8 Å². The first-order chi connectivity index (χ1) is 9.80. The molecule has 3 heteroatoms. The molecule has 0 fully saturated rings. The van der Waals surface area contributed by atoms with Crippen LogP contribution in [0.5, 0.6) is 11.5 Å². The smallest absolute Gasteiger partial charge is 0.119 e. The molecule has 0 saturated carbocycles. The van der Waals surface area contributed by atoms with Gasteiger partial charge in [-0.15, -0.1) is 0 Å². The van der Waals surface area contributed by atoms with Crippen LogP contribution in [0.4, 0.5) is 5.69 Å². The zero-order valence-corrected chi connectivity index (χ0v) is 11.8. The molecule has 1 atom stereocenters. The van der Waals surface area contributed by atoms with E-state index in [0.29, 0.717) is 12.6 Å². The normalized spacial score (nSPS) is 16.4. The van der Waals surface area contributed by atoms with E-state index in [9.17, 15) is 0 Å². The summed E-state index contributed by atoms with van der Waals surface area (Å²) in [5.41, 5.74) is 3.75. The second kappa shape index (κ2) is 5.45. The van der Waals surface area contributed by atoms with E-state index < -0.39 is 0 Å². The molecule has 1 aliphatic heterocycles. The summed E-state index contributed by atoms with van der Waals surface area (Å²) in [4.78, 5) is 0. The van der Waals surface area contributed by atoms with Crippen molar-refractivity contribution in [1.29, 1.82) is 0 Å². The molecule has 0 bridgehead atoms. The van der Waals surface area contributed by atoms with Gasteiger partial charge in [-0.1, -0.05) is 12.1 Å². The fraction of sp³-hybridized carbons (Fsp3) is 0.294. The van der Waals surface area contributed by atoms with Crippen molar-refractivity contribution in [2.75, 3.05) is 19.0 Å². The van der Waals surface area contributed by atoms with Gasteiger partial charge in [0.1, 0.15) is 11.5 Å². The Morgan fingerprint density at radius 2 is 2.05 bits per heavy atom. The van der Waals surface area contributed by atoms with Crippen LogP contribution in [0.2, 0.25) is 0 Å². The number of ether oxygens (including phenoxy) is 2. The number of hydrogen-bond donors (Lipinski definition) is 1. The molecule has 0 aliphatic carbocycles. The quantitative estimate of drug-likeness (QED) is 0.915. The highest BCUT2D eigenvalue weighted by molar-refractivity contribution is 5.60. The van der Waals surface area contributed by atoms with Gasteiger partial charge in [-0.05, 0) is 54.8 Å². The van der Waals surface area contributed by atoms with Crippen LogP contribution >= 0.6 is 0 Å². The van der Waals surface area contributed by atoms with Crippen LogP contribution in [0.1, 0.15) is 24.1 Å². The number of fused-ring (bicyclic) bond motifs is 1. The number of anilines is 1. The lowest BCUT2D eigenvalue weighted by Gasteiger charge is -2.12. The second-order valence-corrected chi connectivity index (χ2v) is 4.93. The Balaban J connectivity index is 1.82. The van der Waals surface area contributed by atoms with Crippen LogP contribution in [0, 0.1) is 0 Å². The van der Waals surface area contributed by atoms with Gasteiger partial charge < -0.3 is 14.8 Å². The first-order valence-electron chi connectivity index (χ1n) is 6.96. The lowest BCUT2D eigenvalue weighted by molar-refractivity contribution is 0.340. The molecule has 3 rings (SSSR count). The van der Waals surface area contributed by atoms with Crippen molar-refractivity contribution in [3.05, 3.63) is 53.6 Å². The Hall–Kier alpha value is -2.16. The summed E-state index contributed by atoms with van der Waals surface area (Å²) in [5.74, 6) is 1.84. The van der Waals surface area contributed by atoms with Gasteiger partial charge in [0.2, 0.25) is 0 Å². The summed E-state index contributed by atoms with van der Waals surface area (Å²) in [5, 5.41) is 3.56. The molecule has 2 aromatic rings. The predicted octanol–water partition coefficient (Wildman–Crippen LogP) is 3.80. The Labute approximate surface area is 119 Å². The summed E-state index contributed by atoms with van der Waals surface area (Å²) in [6.07, 6.45) is 0.976. The maximum Gasteiger partial charge on any atom is 0.119 e. The molecule has 0 radical (unpaired) electrons. The van der Waals surface area contributed by atoms with E-state index in [1.54, 1.807) is 7.11 Å². The van der Waals surface area contributed by atoms with Crippen molar-refractivity contribution in [3.8, 4) is 11.5 Å². The molecule has 0 aromatic heterocycles. The predicted molar refractivity (Wildman–Crippen MR) is 80.7 cm³/mol. The molecule has 104 valence electrons. The molecule has 0 spiro atoms. The van der Waals surface area contributed by atoms with E-state index in [-0.39, 0.29) is 0 Å². The third kappa shape index (κ3) is 2.44. The van der Waals surface area contributed by atoms with Crippen molar-refractivity contribution in [3.63, 3.8) is 0 Å². The van der Waals surface area contributed by atoms with Gasteiger partial charge in [0.05, 0.1) is 19.8 Å². The van der Waals surface area contributed by atoms with Crippen molar-refractivity contribution >= 4 is 5.69 Å². The molecule has 1 heterocycles. The molecular formula is C17H19NO2. The van der Waals surface area contributed by atoms with Crippen molar-refractivity contribution in [2.24, 2.45) is 0 Å². The summed E-state index contributed by atoms with van der Waals surface area (Å²) >= 11 is 0. The summed E-state index contributed by atoms with van der Waals surface area (Å²) < 4.78 is 10.9. The molecule has 1 N–H and O–H groups in total. The zero-order chi connectivity index (χ0) is 13.9. The minimum Gasteiger partial charge on any atom is -0.497 e. The standard InChI is InChI=1S/C17H19NO2/c1-3-20-15-7-8-16-13(10-15)11-17(18-16)12-5-4-6-14(9-12)19-2/h4-10,17-18H,3,11H2,1-2H3. The average molecular weight is 269 g/mol. The van der Waals surface area contributed by atoms with Crippen LogP contribution in [-0.4, -0.2) is 13.7 Å². The van der Waals surface area contributed by atoms with E-state index in [2.05, 4.69) is 29.6 Å². The number of benzene rings is 2. The highest BCUT2D eigenvalue weighted by atomic mass is 16.5. The molecule has 0 amide bonds. The minimum absolute atomic E-state index is 0.303. The van der Waals surface area contributed by atoms with Crippen LogP contribution in [0.15, 0.2) is 42.5 Å². The molecule has 2 aromatic carbocycles. The Morgan fingerprint density at radius 1 is 1.15 bits per heavy atom. The fourth-order valence-corrected chi connectivity index (χ4v) is 2.65. The molecule has 3 nitrogen and oxygen atoms in total. The van der Waals surface area contributed by atoms with Gasteiger partial charge in [0.25, 0.3) is 0 Å². The van der Waals surface area contributed by atoms with Crippen LogP contribution in [-0.2, 0) is 6.42 Å².